The molecule has 1 heterocycles. The van der Waals surface area contributed by atoms with Crippen molar-refractivity contribution in [3.63, 3.8) is 0 Å². The molecule has 0 aliphatic heterocycles. The van der Waals surface area contributed by atoms with E-state index >= 15 is 0 Å². The molecule has 3 rings (SSSR count). The van der Waals surface area contributed by atoms with Gasteiger partial charge in [-0.15, -0.1) is 0 Å². The highest BCUT2D eigenvalue weighted by atomic mass is 35.5. The molecule has 0 saturated carbocycles. The smallest absolute Gasteiger partial charge is 0.157 e. The van der Waals surface area contributed by atoms with Gasteiger partial charge in [-0.1, -0.05) is 81.2 Å². The molecule has 0 bridgehead atoms. The van der Waals surface area contributed by atoms with Gasteiger partial charge in [0.25, 0.3) is 0 Å². The van der Waals surface area contributed by atoms with E-state index in [4.69, 9.17) is 85.6 Å². The minimum Gasteiger partial charge on any atom is -0.454 e. The fraction of sp³-hybridized carbons (Fsp3) is 0. The van der Waals surface area contributed by atoms with Crippen molar-refractivity contribution in [3.8, 4) is 0 Å². The first-order valence-corrected chi connectivity index (χ1v) is 7.70. The van der Waals surface area contributed by atoms with Crippen LogP contribution in [-0.2, 0) is 0 Å². The molecule has 20 heavy (non-hydrogen) atoms. The van der Waals surface area contributed by atoms with E-state index in [1.165, 1.54) is 6.07 Å². The summed E-state index contributed by atoms with van der Waals surface area (Å²) in [5.74, 6) is 0. The summed E-state index contributed by atoms with van der Waals surface area (Å²) in [5.41, 5.74) is 0.669. The van der Waals surface area contributed by atoms with E-state index in [1.807, 2.05) is 0 Å². The van der Waals surface area contributed by atoms with E-state index in [0.717, 1.165) is 0 Å². The summed E-state index contributed by atoms with van der Waals surface area (Å²) in [6.07, 6.45) is 0. The second-order valence-electron chi connectivity index (χ2n) is 3.92. The summed E-state index contributed by atoms with van der Waals surface area (Å²) in [5, 5.41) is 2.17. The predicted octanol–water partition coefficient (Wildman–Crippen LogP) is 8.16. The average Bonchev–Trinajstić information content (AvgIpc) is 2.79. The Bertz CT molecular complexity index is 881. The van der Waals surface area contributed by atoms with Gasteiger partial charge in [-0.3, -0.25) is 0 Å². The Balaban J connectivity index is 2.69. The Morgan fingerprint density at radius 1 is 0.600 bits per heavy atom. The van der Waals surface area contributed by atoms with Crippen LogP contribution in [0.4, 0.5) is 0 Å². The topological polar surface area (TPSA) is 13.1 Å². The SMILES string of the molecule is Cl[13c]1[13cH][13c]2o[13c]3[13c](Cl)[13c](Cl)[13c](Cl)[13c](Cl)[13c]3[13c]2[13c](Cl)[13c]1Cl. The van der Waals surface area contributed by atoms with Crippen molar-refractivity contribution in [2.45, 2.75) is 0 Å². The van der Waals surface area contributed by atoms with Crippen molar-refractivity contribution in [2.75, 3.05) is 0 Å². The van der Waals surface area contributed by atoms with E-state index in [0.29, 0.717) is 16.4 Å². The van der Waals surface area contributed by atoms with Gasteiger partial charge < -0.3 is 4.42 Å². The first kappa shape index (κ1) is 15.2. The summed E-state index contributed by atoms with van der Waals surface area (Å²) < 4.78 is 5.63. The molecule has 0 N–H and O–H groups in total. The summed E-state index contributed by atoms with van der Waals surface area (Å²) >= 11 is 42.6. The maximum absolute atomic E-state index is 6.22. The standard InChI is InChI=1S/C12HCl7O/c13-2-1-3-4(7(15)6(2)14)5-8(16)9(17)10(18)11(19)12(5)20-3/h1H/i1+1,2+1,3+1,4+1,5+1,6+1,7+1,8+1,9+1,10+1,11+1,12+1. The minimum absolute atomic E-state index is 0.109. The van der Waals surface area contributed by atoms with Crippen LogP contribution in [0.3, 0.4) is 0 Å². The largest absolute Gasteiger partial charge is 0.454 e. The number of furan rings is 1. The van der Waals surface area contributed by atoms with Gasteiger partial charge in [-0.25, -0.2) is 0 Å². The van der Waals surface area contributed by atoms with Gasteiger partial charge in [0.05, 0.1) is 40.9 Å². The Kier molecular flexibility index (Phi) is 3.92. The third-order valence-corrected chi connectivity index (χ3v) is 5.86. The van der Waals surface area contributed by atoms with Crippen LogP contribution in [0.2, 0.25) is 35.2 Å². The number of halogens is 7. The summed E-state index contributed by atoms with van der Waals surface area (Å²) in [7, 11) is 0. The molecule has 0 unspecified atom stereocenters. The van der Waals surface area contributed by atoms with Gasteiger partial charge in [-0.05, 0) is 0 Å². The Hall–Kier alpha value is 0.270. The van der Waals surface area contributed by atoms with Gasteiger partial charge >= 0.3 is 0 Å². The Labute approximate surface area is 148 Å². The molecule has 1 nitrogen and oxygen atoms in total. The minimum atomic E-state index is 0.109. The van der Waals surface area contributed by atoms with Gasteiger partial charge in [0, 0.05) is 6.07 Å². The zero-order chi connectivity index (χ0) is 14.8. The lowest BCUT2D eigenvalue weighted by Gasteiger charge is -2.04. The first-order valence-electron chi connectivity index (χ1n) is 5.06. The zero-order valence-corrected chi connectivity index (χ0v) is 14.4. The number of rotatable bonds is 0. The van der Waals surface area contributed by atoms with Crippen molar-refractivity contribution in [2.24, 2.45) is 0 Å². The van der Waals surface area contributed by atoms with Crippen LogP contribution in [0.25, 0.3) is 21.9 Å². The fourth-order valence-corrected chi connectivity index (χ4v) is 3.58. The normalized spacial score (nSPS) is 11.8. The van der Waals surface area contributed by atoms with Crippen LogP contribution in [0.15, 0.2) is 10.5 Å². The molecule has 0 spiro atoms. The van der Waals surface area contributed by atoms with Crippen molar-refractivity contribution < 1.29 is 4.42 Å². The lowest BCUT2D eigenvalue weighted by Crippen LogP contribution is -1.79. The van der Waals surface area contributed by atoms with Gasteiger partial charge in [0.15, 0.2) is 5.58 Å². The van der Waals surface area contributed by atoms with Crippen LogP contribution >= 0.6 is 81.2 Å². The maximum atomic E-state index is 6.22. The lowest BCUT2D eigenvalue weighted by atomic mass is 11.1. The summed E-state index contributed by atoms with van der Waals surface area (Å²) in [4.78, 5) is 0. The van der Waals surface area contributed by atoms with Crippen LogP contribution < -0.4 is 0 Å². The molecule has 0 radical (unpaired) electrons. The Morgan fingerprint density at radius 3 is 1.80 bits per heavy atom. The molecule has 0 aliphatic rings. The van der Waals surface area contributed by atoms with Gasteiger partial charge in [0.1, 0.15) is 10.6 Å². The van der Waals surface area contributed by atoms with E-state index in [-0.39, 0.29) is 40.7 Å². The predicted molar refractivity (Wildman–Crippen MR) is 88.8 cm³/mol. The molecular weight excluding hydrogens is 420 g/mol. The van der Waals surface area contributed by atoms with Crippen molar-refractivity contribution >= 4 is 103 Å². The molecule has 0 saturated heterocycles. The molecule has 0 aliphatic carbocycles. The van der Waals surface area contributed by atoms with Gasteiger partial charge in [-0.2, -0.15) is 0 Å². The first-order chi connectivity index (χ1) is 9.34. The molecule has 8 heteroatoms. The summed E-state index contributed by atoms with van der Waals surface area (Å²) in [6.45, 7) is 0. The fourth-order valence-electron chi connectivity index (χ4n) is 1.93. The van der Waals surface area contributed by atoms with Crippen LogP contribution in [0, 0.1) is 0 Å². The molecular formula is C12HCl7O. The number of hydrogen-bond donors (Lipinski definition) is 0. The highest BCUT2D eigenvalue weighted by Gasteiger charge is 2.24. The van der Waals surface area contributed by atoms with E-state index < -0.39 is 0 Å². The lowest BCUT2D eigenvalue weighted by molar-refractivity contribution is 0.669. The highest BCUT2D eigenvalue weighted by molar-refractivity contribution is 6.57. The second-order valence-corrected chi connectivity index (χ2v) is 6.60. The molecule has 0 atom stereocenters. The monoisotopic (exact) mass is 418 g/mol. The quantitative estimate of drug-likeness (QED) is 0.264. The second kappa shape index (κ2) is 5.17. The van der Waals surface area contributed by atoms with E-state index in [1.54, 1.807) is 0 Å². The third-order valence-electron chi connectivity index (χ3n) is 2.81. The van der Waals surface area contributed by atoms with Crippen LogP contribution in [0.5, 0.6) is 0 Å². The Morgan fingerprint density at radius 2 is 1.15 bits per heavy atom. The van der Waals surface area contributed by atoms with Crippen molar-refractivity contribution in [3.05, 3.63) is 41.2 Å². The van der Waals surface area contributed by atoms with E-state index in [9.17, 15) is 0 Å². The van der Waals surface area contributed by atoms with Crippen molar-refractivity contribution in [1.29, 1.82) is 0 Å². The molecule has 2 aromatic carbocycles. The highest BCUT2D eigenvalue weighted by Crippen LogP contribution is 2.50. The van der Waals surface area contributed by atoms with Crippen LogP contribution in [0.1, 0.15) is 0 Å². The molecule has 0 amide bonds. The number of fused-ring (bicyclic) bond motifs is 3. The number of benzene rings is 2. The average molecular weight is 421 g/mol. The molecule has 0 fully saturated rings. The van der Waals surface area contributed by atoms with Gasteiger partial charge in [0.2, 0.25) is 0 Å². The summed E-state index contributed by atoms with van der Waals surface area (Å²) in [6, 6.07) is 1.53. The molecule has 1 aromatic heterocycles. The molecule has 3 aromatic rings. The number of hydrogen-bond acceptors (Lipinski definition) is 1. The molecule has 104 valence electrons. The van der Waals surface area contributed by atoms with Crippen LogP contribution in [-0.4, -0.2) is 0 Å². The van der Waals surface area contributed by atoms with Crippen molar-refractivity contribution in [1.82, 2.24) is 0 Å². The third kappa shape index (κ3) is 1.99. The zero-order valence-electron chi connectivity index (χ0n) is 9.13. The van der Waals surface area contributed by atoms with E-state index in [2.05, 4.69) is 0 Å². The maximum Gasteiger partial charge on any atom is 0.157 e.